The molecule has 1 N–H and O–H groups in total. The van der Waals surface area contributed by atoms with Gasteiger partial charge >= 0.3 is 0 Å². The molecule has 0 amide bonds. The minimum Gasteiger partial charge on any atom is -0.486 e. The summed E-state index contributed by atoms with van der Waals surface area (Å²) in [5.41, 5.74) is 2.04. The van der Waals surface area contributed by atoms with Crippen LogP contribution in [0.15, 0.2) is 47.6 Å². The largest absolute Gasteiger partial charge is 0.486 e. The molecule has 3 rings (SSSR count). The monoisotopic (exact) mass is 393 g/mol. The number of hydrogen-bond donors (Lipinski definition) is 1. The van der Waals surface area contributed by atoms with Gasteiger partial charge in [0.15, 0.2) is 5.82 Å². The molecule has 7 heteroatoms. The van der Waals surface area contributed by atoms with E-state index in [9.17, 15) is 0 Å². The van der Waals surface area contributed by atoms with E-state index in [0.29, 0.717) is 17.6 Å². The molecule has 3 aromatic rings. The number of aromatic amines is 1. The maximum Gasteiger partial charge on any atom is 0.209 e. The molecule has 1 aromatic heterocycles. The van der Waals surface area contributed by atoms with Crippen LogP contribution < -0.4 is 4.74 Å². The van der Waals surface area contributed by atoms with Crippen molar-refractivity contribution >= 4 is 35.0 Å². The quantitative estimate of drug-likeness (QED) is 0.533. The molecule has 0 aliphatic carbocycles. The molecule has 0 fully saturated rings. The lowest BCUT2D eigenvalue weighted by Gasteiger charge is -2.10. The summed E-state index contributed by atoms with van der Waals surface area (Å²) in [5, 5.41) is 9.43. The van der Waals surface area contributed by atoms with Crippen LogP contribution in [0.1, 0.15) is 29.1 Å². The summed E-state index contributed by atoms with van der Waals surface area (Å²) in [7, 11) is 0. The van der Waals surface area contributed by atoms with Crippen LogP contribution >= 0.6 is 35.0 Å². The molecule has 1 heterocycles. The first kappa shape index (κ1) is 18.1. The van der Waals surface area contributed by atoms with Crippen molar-refractivity contribution in [2.24, 2.45) is 0 Å². The molecular weight excluding hydrogens is 377 g/mol. The van der Waals surface area contributed by atoms with E-state index in [0.717, 1.165) is 26.9 Å². The van der Waals surface area contributed by atoms with Crippen molar-refractivity contribution < 1.29 is 4.74 Å². The van der Waals surface area contributed by atoms with E-state index < -0.39 is 0 Å². The van der Waals surface area contributed by atoms with Gasteiger partial charge in [-0.1, -0.05) is 53.2 Å². The molecule has 130 valence electrons. The van der Waals surface area contributed by atoms with E-state index in [1.54, 1.807) is 11.8 Å². The predicted octanol–water partition coefficient (Wildman–Crippen LogP) is 5.85. The smallest absolute Gasteiger partial charge is 0.209 e. The van der Waals surface area contributed by atoms with Crippen LogP contribution in [0.2, 0.25) is 10.0 Å². The van der Waals surface area contributed by atoms with E-state index in [1.807, 2.05) is 49.4 Å². The third-order valence-corrected chi connectivity index (χ3v) is 5.41. The Morgan fingerprint density at radius 1 is 1.16 bits per heavy atom. The lowest BCUT2D eigenvalue weighted by molar-refractivity contribution is 0.296. The number of ether oxygens (including phenoxy) is 1. The lowest BCUT2D eigenvalue weighted by Crippen LogP contribution is -1.98. The maximum atomic E-state index is 6.24. The number of benzene rings is 2. The molecule has 0 saturated carbocycles. The normalized spacial score (nSPS) is 12.2. The SMILES string of the molecule is Cc1cc(OCc2nc(S[C@H](C)c3ccccc3Cl)n[nH]2)ccc1Cl. The number of hydrogen-bond acceptors (Lipinski definition) is 4. The minimum absolute atomic E-state index is 0.150. The number of aromatic nitrogens is 3. The van der Waals surface area contributed by atoms with Crippen molar-refractivity contribution in [3.05, 3.63) is 69.5 Å². The zero-order chi connectivity index (χ0) is 17.8. The van der Waals surface area contributed by atoms with Crippen LogP contribution in [0.25, 0.3) is 0 Å². The Kier molecular flexibility index (Phi) is 5.89. The highest BCUT2D eigenvalue weighted by Crippen LogP contribution is 2.36. The molecule has 1 atom stereocenters. The van der Waals surface area contributed by atoms with Gasteiger partial charge in [0.1, 0.15) is 12.4 Å². The summed E-state index contributed by atoms with van der Waals surface area (Å²) in [6.07, 6.45) is 0. The van der Waals surface area contributed by atoms with Gasteiger partial charge in [-0.25, -0.2) is 4.98 Å². The summed E-state index contributed by atoms with van der Waals surface area (Å²) >= 11 is 13.8. The van der Waals surface area contributed by atoms with Crippen LogP contribution in [0.4, 0.5) is 0 Å². The highest BCUT2D eigenvalue weighted by atomic mass is 35.5. The molecule has 2 aromatic carbocycles. The van der Waals surface area contributed by atoms with E-state index in [-0.39, 0.29) is 5.25 Å². The van der Waals surface area contributed by atoms with Gasteiger partial charge in [-0.2, -0.15) is 0 Å². The Labute approximate surface area is 160 Å². The van der Waals surface area contributed by atoms with Crippen molar-refractivity contribution in [2.45, 2.75) is 30.9 Å². The zero-order valence-electron chi connectivity index (χ0n) is 13.8. The van der Waals surface area contributed by atoms with Crippen molar-refractivity contribution in [2.75, 3.05) is 0 Å². The topological polar surface area (TPSA) is 50.8 Å². The molecule has 0 saturated heterocycles. The summed E-state index contributed by atoms with van der Waals surface area (Å²) in [6, 6.07) is 13.3. The second-order valence-corrected chi connectivity index (χ2v) is 7.67. The first-order valence-corrected chi connectivity index (χ1v) is 9.38. The van der Waals surface area contributed by atoms with E-state index in [2.05, 4.69) is 22.1 Å². The second kappa shape index (κ2) is 8.13. The number of nitrogens with one attached hydrogen (secondary N) is 1. The van der Waals surface area contributed by atoms with Gasteiger partial charge in [0.05, 0.1) is 0 Å². The van der Waals surface area contributed by atoms with E-state index >= 15 is 0 Å². The molecule has 25 heavy (non-hydrogen) atoms. The van der Waals surface area contributed by atoms with Gasteiger partial charge in [-0.3, -0.25) is 5.10 Å². The van der Waals surface area contributed by atoms with Crippen LogP contribution in [-0.4, -0.2) is 15.2 Å². The molecule has 4 nitrogen and oxygen atoms in total. The maximum absolute atomic E-state index is 6.24. The van der Waals surface area contributed by atoms with Gasteiger partial charge in [0.2, 0.25) is 5.16 Å². The Bertz CT molecular complexity index is 869. The van der Waals surface area contributed by atoms with Gasteiger partial charge < -0.3 is 4.74 Å². The molecule has 0 aliphatic rings. The highest BCUT2D eigenvalue weighted by Gasteiger charge is 2.14. The molecule has 0 bridgehead atoms. The number of H-pyrrole nitrogens is 1. The Balaban J connectivity index is 1.60. The van der Waals surface area contributed by atoms with Gasteiger partial charge in [-0.05, 0) is 49.2 Å². The van der Waals surface area contributed by atoms with E-state index in [4.69, 9.17) is 27.9 Å². The molecule has 0 radical (unpaired) electrons. The summed E-state index contributed by atoms with van der Waals surface area (Å²) < 4.78 is 5.73. The Morgan fingerprint density at radius 2 is 1.96 bits per heavy atom. The Morgan fingerprint density at radius 3 is 2.72 bits per heavy atom. The van der Waals surface area contributed by atoms with Crippen LogP contribution in [0.5, 0.6) is 5.75 Å². The summed E-state index contributed by atoms with van der Waals surface area (Å²) in [4.78, 5) is 4.46. The number of thioether (sulfide) groups is 1. The van der Waals surface area contributed by atoms with Crippen molar-refractivity contribution in [3.63, 3.8) is 0 Å². The average molecular weight is 394 g/mol. The third kappa shape index (κ3) is 4.69. The Hall–Kier alpha value is -1.69. The highest BCUT2D eigenvalue weighted by molar-refractivity contribution is 7.99. The van der Waals surface area contributed by atoms with Gasteiger partial charge in [-0.15, -0.1) is 5.10 Å². The number of rotatable bonds is 6. The number of nitrogens with zero attached hydrogens (tertiary/aromatic N) is 2. The molecular formula is C18H17Cl2N3OS. The van der Waals surface area contributed by atoms with Crippen LogP contribution in [0, 0.1) is 6.92 Å². The first-order chi connectivity index (χ1) is 12.0. The second-order valence-electron chi connectivity index (χ2n) is 5.55. The van der Waals surface area contributed by atoms with E-state index in [1.165, 1.54) is 0 Å². The lowest BCUT2D eigenvalue weighted by atomic mass is 10.2. The first-order valence-electron chi connectivity index (χ1n) is 7.74. The zero-order valence-corrected chi connectivity index (χ0v) is 16.1. The minimum atomic E-state index is 0.150. The average Bonchev–Trinajstić information content (AvgIpc) is 3.03. The predicted molar refractivity (Wildman–Crippen MR) is 103 cm³/mol. The van der Waals surface area contributed by atoms with Crippen molar-refractivity contribution in [1.82, 2.24) is 15.2 Å². The van der Waals surface area contributed by atoms with Gasteiger partial charge in [0, 0.05) is 15.3 Å². The molecule has 0 spiro atoms. The fraction of sp³-hybridized carbons (Fsp3) is 0.222. The van der Waals surface area contributed by atoms with Crippen molar-refractivity contribution in [3.8, 4) is 5.75 Å². The fourth-order valence-corrected chi connectivity index (χ4v) is 3.67. The summed E-state index contributed by atoms with van der Waals surface area (Å²) in [5.74, 6) is 1.42. The number of halogens is 2. The van der Waals surface area contributed by atoms with Crippen molar-refractivity contribution in [1.29, 1.82) is 0 Å². The third-order valence-electron chi connectivity index (χ3n) is 3.64. The van der Waals surface area contributed by atoms with Crippen LogP contribution in [0.3, 0.4) is 0 Å². The standard InChI is InChI=1S/C18H17Cl2N3OS/c1-11-9-13(7-8-15(11)19)24-10-17-21-18(23-22-17)25-12(2)14-5-3-4-6-16(14)20/h3-9,12H,10H2,1-2H3,(H,21,22,23)/t12-/m1/s1. The fourth-order valence-electron chi connectivity index (χ4n) is 2.28. The van der Waals surface area contributed by atoms with Crippen LogP contribution in [-0.2, 0) is 6.61 Å². The molecule has 0 aliphatic heterocycles. The van der Waals surface area contributed by atoms with Gasteiger partial charge in [0.25, 0.3) is 0 Å². The summed E-state index contributed by atoms with van der Waals surface area (Å²) in [6.45, 7) is 4.33. The number of aryl methyl sites for hydroxylation is 1. The molecule has 0 unspecified atom stereocenters.